The minimum atomic E-state index is -0.227. The average molecular weight is 239 g/mol. The summed E-state index contributed by atoms with van der Waals surface area (Å²) >= 11 is 0. The molecule has 4 nitrogen and oxygen atoms in total. The van der Waals surface area contributed by atoms with Crippen LogP contribution in [0.5, 0.6) is 0 Å². The molecule has 1 unspecified atom stereocenters. The lowest BCUT2D eigenvalue weighted by molar-refractivity contribution is -0.135. The summed E-state index contributed by atoms with van der Waals surface area (Å²) < 4.78 is 0. The Balaban J connectivity index is 1.79. The molecule has 1 heterocycles. The number of amides is 1. The van der Waals surface area contributed by atoms with E-state index in [1.165, 1.54) is 19.4 Å². The molecule has 0 aromatic heterocycles. The topological polar surface area (TPSA) is 58.4 Å². The number of nitrogens with two attached hydrogens (primary N) is 1. The molecule has 3 N–H and O–H groups in total. The summed E-state index contributed by atoms with van der Waals surface area (Å²) in [6.45, 7) is 5.75. The van der Waals surface area contributed by atoms with Gasteiger partial charge in [0.05, 0.1) is 5.41 Å². The molecule has 1 saturated carbocycles. The van der Waals surface area contributed by atoms with E-state index in [4.69, 9.17) is 5.73 Å². The molecule has 17 heavy (non-hydrogen) atoms. The van der Waals surface area contributed by atoms with Gasteiger partial charge in [0.2, 0.25) is 5.91 Å². The molecule has 1 amide bonds. The molecule has 0 bridgehead atoms. The molecule has 1 aliphatic carbocycles. The summed E-state index contributed by atoms with van der Waals surface area (Å²) in [5.74, 6) is 0.189. The third kappa shape index (κ3) is 2.47. The SMILES string of the molecule is CCN1CCCC1CNC(=O)C1(CN)CCC1. The van der Waals surface area contributed by atoms with Crippen LogP contribution < -0.4 is 11.1 Å². The van der Waals surface area contributed by atoms with Crippen LogP contribution >= 0.6 is 0 Å². The first-order valence-corrected chi connectivity index (χ1v) is 6.94. The predicted octanol–water partition coefficient (Wildman–Crippen LogP) is 0.716. The fourth-order valence-corrected chi connectivity index (χ4v) is 3.07. The molecule has 0 radical (unpaired) electrons. The standard InChI is InChI=1S/C13H25N3O/c1-2-16-8-3-5-11(16)9-15-12(17)13(10-14)6-4-7-13/h11H,2-10,14H2,1H3,(H,15,17). The second-order valence-corrected chi connectivity index (χ2v) is 5.47. The van der Waals surface area contributed by atoms with Crippen molar-refractivity contribution in [2.24, 2.45) is 11.1 Å². The summed E-state index contributed by atoms with van der Waals surface area (Å²) in [4.78, 5) is 14.6. The lowest BCUT2D eigenvalue weighted by Gasteiger charge is -2.39. The summed E-state index contributed by atoms with van der Waals surface area (Å²) in [5.41, 5.74) is 5.51. The van der Waals surface area contributed by atoms with Crippen molar-refractivity contribution >= 4 is 5.91 Å². The first-order valence-electron chi connectivity index (χ1n) is 6.94. The van der Waals surface area contributed by atoms with Gasteiger partial charge in [0.15, 0.2) is 0 Å². The van der Waals surface area contributed by atoms with Gasteiger partial charge in [-0.1, -0.05) is 13.3 Å². The molecular weight excluding hydrogens is 214 g/mol. The van der Waals surface area contributed by atoms with Crippen LogP contribution in [0, 0.1) is 5.41 Å². The van der Waals surface area contributed by atoms with Crippen molar-refractivity contribution < 1.29 is 4.79 Å². The Hall–Kier alpha value is -0.610. The molecule has 4 heteroatoms. The summed E-state index contributed by atoms with van der Waals surface area (Å²) in [5, 5.41) is 3.12. The highest BCUT2D eigenvalue weighted by atomic mass is 16.2. The Morgan fingerprint density at radius 2 is 2.24 bits per heavy atom. The van der Waals surface area contributed by atoms with Gasteiger partial charge < -0.3 is 11.1 Å². The van der Waals surface area contributed by atoms with E-state index in [0.29, 0.717) is 12.6 Å². The van der Waals surface area contributed by atoms with Crippen molar-refractivity contribution in [3.8, 4) is 0 Å². The largest absolute Gasteiger partial charge is 0.354 e. The van der Waals surface area contributed by atoms with Gasteiger partial charge in [-0.2, -0.15) is 0 Å². The van der Waals surface area contributed by atoms with E-state index in [0.717, 1.165) is 32.4 Å². The fourth-order valence-electron chi connectivity index (χ4n) is 3.07. The van der Waals surface area contributed by atoms with Gasteiger partial charge in [0.25, 0.3) is 0 Å². The molecule has 2 fully saturated rings. The third-order valence-electron chi connectivity index (χ3n) is 4.59. The van der Waals surface area contributed by atoms with Gasteiger partial charge in [-0.25, -0.2) is 0 Å². The highest BCUT2D eigenvalue weighted by molar-refractivity contribution is 5.83. The Morgan fingerprint density at radius 3 is 2.76 bits per heavy atom. The van der Waals surface area contributed by atoms with Crippen LogP contribution in [0.3, 0.4) is 0 Å². The highest BCUT2D eigenvalue weighted by Crippen LogP contribution is 2.40. The number of likely N-dealkylation sites (tertiary alicyclic amines) is 1. The predicted molar refractivity (Wildman–Crippen MR) is 68.6 cm³/mol. The zero-order valence-electron chi connectivity index (χ0n) is 10.9. The zero-order valence-corrected chi connectivity index (χ0v) is 10.9. The van der Waals surface area contributed by atoms with Crippen LogP contribution in [-0.4, -0.2) is 43.0 Å². The van der Waals surface area contributed by atoms with E-state index >= 15 is 0 Å². The van der Waals surface area contributed by atoms with Crippen LogP contribution in [0.25, 0.3) is 0 Å². The van der Waals surface area contributed by atoms with Crippen LogP contribution in [-0.2, 0) is 4.79 Å². The molecule has 0 aromatic rings. The maximum atomic E-state index is 12.1. The maximum Gasteiger partial charge on any atom is 0.227 e. The number of carbonyl (C=O) groups is 1. The number of nitrogens with one attached hydrogen (secondary N) is 1. The summed E-state index contributed by atoms with van der Waals surface area (Å²) in [6.07, 6.45) is 5.56. The van der Waals surface area contributed by atoms with Crippen LogP contribution in [0.15, 0.2) is 0 Å². The van der Waals surface area contributed by atoms with Crippen molar-refractivity contribution in [2.75, 3.05) is 26.2 Å². The maximum absolute atomic E-state index is 12.1. The normalized spacial score (nSPS) is 27.8. The Kier molecular flexibility index (Phi) is 4.05. The van der Waals surface area contributed by atoms with Crippen LogP contribution in [0.2, 0.25) is 0 Å². The second-order valence-electron chi connectivity index (χ2n) is 5.47. The van der Waals surface area contributed by atoms with Gasteiger partial charge in [0.1, 0.15) is 0 Å². The fraction of sp³-hybridized carbons (Fsp3) is 0.923. The molecule has 1 atom stereocenters. The molecule has 2 rings (SSSR count). The molecular formula is C13H25N3O. The smallest absolute Gasteiger partial charge is 0.227 e. The van der Waals surface area contributed by atoms with Gasteiger partial charge in [-0.05, 0) is 38.8 Å². The van der Waals surface area contributed by atoms with Crippen LogP contribution in [0.1, 0.15) is 39.0 Å². The monoisotopic (exact) mass is 239 g/mol. The van der Waals surface area contributed by atoms with Crippen molar-refractivity contribution in [1.29, 1.82) is 0 Å². The van der Waals surface area contributed by atoms with E-state index in [9.17, 15) is 4.79 Å². The molecule has 1 aliphatic heterocycles. The number of hydrogen-bond donors (Lipinski definition) is 2. The quantitative estimate of drug-likeness (QED) is 0.743. The number of likely N-dealkylation sites (N-methyl/N-ethyl adjacent to an activating group) is 1. The van der Waals surface area contributed by atoms with Gasteiger partial charge in [-0.15, -0.1) is 0 Å². The lowest BCUT2D eigenvalue weighted by atomic mass is 9.68. The first kappa shape index (κ1) is 12.8. The van der Waals surface area contributed by atoms with Gasteiger partial charge >= 0.3 is 0 Å². The van der Waals surface area contributed by atoms with E-state index in [-0.39, 0.29) is 11.3 Å². The minimum absolute atomic E-state index is 0.189. The van der Waals surface area contributed by atoms with Crippen molar-refractivity contribution in [3.63, 3.8) is 0 Å². The summed E-state index contributed by atoms with van der Waals surface area (Å²) in [7, 11) is 0. The average Bonchev–Trinajstić information content (AvgIpc) is 2.72. The number of rotatable bonds is 5. The van der Waals surface area contributed by atoms with E-state index < -0.39 is 0 Å². The lowest BCUT2D eigenvalue weighted by Crippen LogP contribution is -2.52. The molecule has 98 valence electrons. The Bertz CT molecular complexity index is 270. The van der Waals surface area contributed by atoms with Gasteiger partial charge in [0, 0.05) is 19.1 Å². The minimum Gasteiger partial charge on any atom is -0.354 e. The third-order valence-corrected chi connectivity index (χ3v) is 4.59. The van der Waals surface area contributed by atoms with Crippen molar-refractivity contribution in [2.45, 2.75) is 45.1 Å². The number of carbonyl (C=O) groups excluding carboxylic acids is 1. The molecule has 0 aromatic carbocycles. The van der Waals surface area contributed by atoms with E-state index in [1.807, 2.05) is 0 Å². The molecule has 2 aliphatic rings. The first-order chi connectivity index (χ1) is 8.22. The van der Waals surface area contributed by atoms with E-state index in [1.54, 1.807) is 0 Å². The second kappa shape index (κ2) is 5.36. The highest BCUT2D eigenvalue weighted by Gasteiger charge is 2.42. The molecule has 1 saturated heterocycles. The Morgan fingerprint density at radius 1 is 1.47 bits per heavy atom. The molecule has 0 spiro atoms. The van der Waals surface area contributed by atoms with Crippen molar-refractivity contribution in [3.05, 3.63) is 0 Å². The zero-order chi connectivity index (χ0) is 12.3. The van der Waals surface area contributed by atoms with Gasteiger partial charge in [-0.3, -0.25) is 9.69 Å². The number of nitrogens with zero attached hydrogens (tertiary/aromatic N) is 1. The summed E-state index contributed by atoms with van der Waals surface area (Å²) in [6, 6.07) is 0.541. The van der Waals surface area contributed by atoms with Crippen molar-refractivity contribution in [1.82, 2.24) is 10.2 Å². The van der Waals surface area contributed by atoms with Crippen LogP contribution in [0.4, 0.5) is 0 Å². The Labute approximate surface area is 104 Å². The number of hydrogen-bond acceptors (Lipinski definition) is 3. The van der Waals surface area contributed by atoms with E-state index in [2.05, 4.69) is 17.1 Å².